The Morgan fingerprint density at radius 2 is 1.88 bits per heavy atom. The Hall–Kier alpha value is -2.65. The number of non-ortho nitro benzene ring substituents is 1. The summed E-state index contributed by atoms with van der Waals surface area (Å²) in [5, 5.41) is 11.3. The molecule has 0 bridgehead atoms. The van der Waals surface area contributed by atoms with Gasteiger partial charge in [-0.2, -0.15) is 0 Å². The van der Waals surface area contributed by atoms with Crippen LogP contribution < -0.4 is 4.31 Å². The highest BCUT2D eigenvalue weighted by Gasteiger charge is 2.28. The number of nitro benzene ring substituents is 1. The summed E-state index contributed by atoms with van der Waals surface area (Å²) in [6.45, 7) is 1.03. The van der Waals surface area contributed by atoms with Gasteiger partial charge in [-0.25, -0.2) is 8.42 Å². The van der Waals surface area contributed by atoms with Crippen molar-refractivity contribution in [3.8, 4) is 0 Å². The fourth-order valence-corrected chi connectivity index (χ4v) is 3.66. The molecule has 2 rings (SSSR count). The van der Waals surface area contributed by atoms with Crippen molar-refractivity contribution in [2.24, 2.45) is 0 Å². The molecule has 0 heterocycles. The van der Waals surface area contributed by atoms with Crippen LogP contribution in [0.4, 0.5) is 11.4 Å². The van der Waals surface area contributed by atoms with Gasteiger partial charge in [-0.05, 0) is 37.3 Å². The molecule has 26 heavy (non-hydrogen) atoms. The van der Waals surface area contributed by atoms with Crippen LogP contribution in [0.5, 0.6) is 0 Å². The van der Waals surface area contributed by atoms with E-state index >= 15 is 0 Å². The number of hydrogen-bond donors (Lipinski definition) is 0. The van der Waals surface area contributed by atoms with Crippen molar-refractivity contribution in [2.75, 3.05) is 17.5 Å². The summed E-state index contributed by atoms with van der Waals surface area (Å²) >= 11 is 5.78. The maximum Gasteiger partial charge on any atom is 0.326 e. The Morgan fingerprint density at radius 1 is 1.23 bits per heavy atom. The van der Waals surface area contributed by atoms with Gasteiger partial charge in [0.15, 0.2) is 0 Å². The molecule has 8 nitrogen and oxygen atoms in total. The highest BCUT2D eigenvalue weighted by atomic mass is 35.5. The van der Waals surface area contributed by atoms with E-state index in [0.29, 0.717) is 5.02 Å². The van der Waals surface area contributed by atoms with Crippen molar-refractivity contribution in [2.45, 2.75) is 11.8 Å². The summed E-state index contributed by atoms with van der Waals surface area (Å²) in [5.41, 5.74) is -0.329. The van der Waals surface area contributed by atoms with Crippen molar-refractivity contribution in [1.82, 2.24) is 0 Å². The molecule has 10 heteroatoms. The van der Waals surface area contributed by atoms with E-state index in [1.54, 1.807) is 6.92 Å². The predicted molar refractivity (Wildman–Crippen MR) is 95.7 cm³/mol. The fourth-order valence-electron chi connectivity index (χ4n) is 2.13. The molecule has 0 fully saturated rings. The number of hydrogen-bond acceptors (Lipinski definition) is 6. The highest BCUT2D eigenvalue weighted by Crippen LogP contribution is 2.27. The lowest BCUT2D eigenvalue weighted by Gasteiger charge is -2.23. The standard InChI is InChI=1S/C16H15ClN2O6S/c1-2-25-16(20)11-18(13-4-3-5-14(10-13)19(21)22)26(23,24)15-8-6-12(17)7-9-15/h3-10H,2,11H2,1H3. The van der Waals surface area contributed by atoms with E-state index in [0.717, 1.165) is 10.4 Å². The normalized spacial score (nSPS) is 11.0. The van der Waals surface area contributed by atoms with Gasteiger partial charge in [0, 0.05) is 17.2 Å². The van der Waals surface area contributed by atoms with Crippen molar-refractivity contribution in [3.63, 3.8) is 0 Å². The third-order valence-corrected chi connectivity index (χ3v) is 5.35. The molecule has 0 spiro atoms. The molecule has 0 atom stereocenters. The van der Waals surface area contributed by atoms with Crippen molar-refractivity contribution >= 4 is 39.0 Å². The summed E-state index contributed by atoms with van der Waals surface area (Å²) in [7, 11) is -4.18. The number of benzene rings is 2. The molecule has 0 radical (unpaired) electrons. The second kappa shape index (κ2) is 8.15. The number of esters is 1. The number of nitrogens with zero attached hydrogens (tertiary/aromatic N) is 2. The number of rotatable bonds is 7. The van der Waals surface area contributed by atoms with Crippen molar-refractivity contribution < 1.29 is 22.9 Å². The third kappa shape index (κ3) is 4.50. The molecule has 0 aromatic heterocycles. The van der Waals surface area contributed by atoms with Gasteiger partial charge in [-0.3, -0.25) is 19.2 Å². The number of anilines is 1. The Kier molecular flexibility index (Phi) is 6.17. The zero-order chi connectivity index (χ0) is 19.3. The molecule has 2 aromatic carbocycles. The number of carbonyl (C=O) groups is 1. The van der Waals surface area contributed by atoms with Crippen LogP contribution in [-0.4, -0.2) is 32.5 Å². The molecule has 2 aromatic rings. The average Bonchev–Trinajstić information content (AvgIpc) is 2.60. The number of nitro groups is 1. The van der Waals surface area contributed by atoms with Gasteiger partial charge >= 0.3 is 5.97 Å². The first-order valence-corrected chi connectivity index (χ1v) is 9.26. The van der Waals surface area contributed by atoms with Crippen molar-refractivity contribution in [3.05, 3.63) is 63.7 Å². The van der Waals surface area contributed by atoms with Gasteiger partial charge in [0.2, 0.25) is 0 Å². The Morgan fingerprint density at radius 3 is 2.46 bits per heavy atom. The van der Waals surface area contributed by atoms with Crippen LogP contribution in [0, 0.1) is 10.1 Å². The summed E-state index contributed by atoms with van der Waals surface area (Å²) in [5.74, 6) is -0.781. The number of carbonyl (C=O) groups excluding carboxylic acids is 1. The first-order chi connectivity index (χ1) is 12.3. The molecule has 0 aliphatic carbocycles. The number of halogens is 1. The van der Waals surface area contributed by atoms with Crippen LogP contribution in [0.2, 0.25) is 5.02 Å². The molecule has 0 amide bonds. The Balaban J connectivity index is 2.53. The minimum Gasteiger partial charge on any atom is -0.465 e. The van der Waals surface area contributed by atoms with Gasteiger partial charge in [-0.1, -0.05) is 17.7 Å². The van der Waals surface area contributed by atoms with Crippen LogP contribution in [-0.2, 0) is 19.6 Å². The Labute approximate surface area is 155 Å². The zero-order valence-corrected chi connectivity index (χ0v) is 15.2. The maximum absolute atomic E-state index is 13.0. The van der Waals surface area contributed by atoms with E-state index in [-0.39, 0.29) is 22.9 Å². The minimum atomic E-state index is -4.18. The molecule has 0 unspecified atom stereocenters. The lowest BCUT2D eigenvalue weighted by molar-refractivity contribution is -0.384. The molecular formula is C16H15ClN2O6S. The van der Waals surface area contributed by atoms with Gasteiger partial charge in [0.25, 0.3) is 15.7 Å². The molecule has 0 saturated heterocycles. The molecule has 0 aliphatic heterocycles. The van der Waals surface area contributed by atoms with Gasteiger partial charge in [0.1, 0.15) is 6.54 Å². The lowest BCUT2D eigenvalue weighted by atomic mass is 10.3. The van der Waals surface area contributed by atoms with E-state index < -0.39 is 27.5 Å². The monoisotopic (exact) mass is 398 g/mol. The van der Waals surface area contributed by atoms with Crippen LogP contribution >= 0.6 is 11.6 Å². The highest BCUT2D eigenvalue weighted by molar-refractivity contribution is 7.92. The van der Waals surface area contributed by atoms with E-state index in [1.165, 1.54) is 42.5 Å². The first-order valence-electron chi connectivity index (χ1n) is 7.44. The molecular weight excluding hydrogens is 384 g/mol. The van der Waals surface area contributed by atoms with Crippen LogP contribution in [0.3, 0.4) is 0 Å². The SMILES string of the molecule is CCOC(=O)CN(c1cccc([N+](=O)[O-])c1)S(=O)(=O)c1ccc(Cl)cc1. The second-order valence-corrected chi connectivity index (χ2v) is 7.35. The predicted octanol–water partition coefficient (Wildman–Crippen LogP) is 3.01. The smallest absolute Gasteiger partial charge is 0.326 e. The average molecular weight is 399 g/mol. The topological polar surface area (TPSA) is 107 Å². The molecule has 0 saturated carbocycles. The van der Waals surface area contributed by atoms with Gasteiger partial charge < -0.3 is 4.74 Å². The van der Waals surface area contributed by atoms with E-state index in [9.17, 15) is 23.3 Å². The lowest BCUT2D eigenvalue weighted by Crippen LogP contribution is -2.36. The van der Waals surface area contributed by atoms with Crippen LogP contribution in [0.25, 0.3) is 0 Å². The molecule has 0 aliphatic rings. The zero-order valence-electron chi connectivity index (χ0n) is 13.7. The fraction of sp³-hybridized carbons (Fsp3) is 0.188. The summed E-state index contributed by atoms with van der Waals surface area (Å²) < 4.78 is 31.5. The van der Waals surface area contributed by atoms with Gasteiger partial charge in [0.05, 0.1) is 22.1 Å². The summed E-state index contributed by atoms with van der Waals surface area (Å²) in [6, 6.07) is 10.4. The number of sulfonamides is 1. The van der Waals surface area contributed by atoms with Crippen LogP contribution in [0.15, 0.2) is 53.4 Å². The minimum absolute atomic E-state index is 0.0257. The van der Waals surface area contributed by atoms with E-state index in [1.807, 2.05) is 0 Å². The summed E-state index contributed by atoms with van der Waals surface area (Å²) in [4.78, 5) is 22.1. The Bertz CT molecular complexity index is 915. The number of ether oxygens (including phenoxy) is 1. The summed E-state index contributed by atoms with van der Waals surface area (Å²) in [6.07, 6.45) is 0. The van der Waals surface area contributed by atoms with Gasteiger partial charge in [-0.15, -0.1) is 0 Å². The van der Waals surface area contributed by atoms with Crippen LogP contribution in [0.1, 0.15) is 6.92 Å². The maximum atomic E-state index is 13.0. The quantitative estimate of drug-likeness (QED) is 0.403. The molecule has 138 valence electrons. The second-order valence-electron chi connectivity index (χ2n) is 5.05. The van der Waals surface area contributed by atoms with E-state index in [2.05, 4.69) is 0 Å². The van der Waals surface area contributed by atoms with E-state index in [4.69, 9.17) is 16.3 Å². The largest absolute Gasteiger partial charge is 0.465 e. The third-order valence-electron chi connectivity index (χ3n) is 3.31. The first kappa shape index (κ1) is 19.7. The molecule has 0 N–H and O–H groups in total. The van der Waals surface area contributed by atoms with Crippen molar-refractivity contribution in [1.29, 1.82) is 0 Å².